The predicted molar refractivity (Wildman–Crippen MR) is 82.1 cm³/mol. The smallest absolute Gasteiger partial charge is 0.185 e. The molecule has 0 radical (unpaired) electrons. The van der Waals surface area contributed by atoms with Gasteiger partial charge in [-0.25, -0.2) is 0 Å². The highest BCUT2D eigenvalue weighted by molar-refractivity contribution is 6.32. The molecule has 0 N–H and O–H groups in total. The minimum atomic E-state index is -0.891. The normalized spacial score (nSPS) is 22.6. The van der Waals surface area contributed by atoms with Crippen LogP contribution < -0.4 is 0 Å². The summed E-state index contributed by atoms with van der Waals surface area (Å²) in [5.74, 6) is -0.0644. The van der Waals surface area contributed by atoms with Gasteiger partial charge in [-0.2, -0.15) is 0 Å². The Morgan fingerprint density at radius 1 is 1.35 bits per heavy atom. The van der Waals surface area contributed by atoms with Crippen molar-refractivity contribution in [2.45, 2.75) is 11.5 Å². The SMILES string of the molecule is COC1(Cl)C=CC(/C=C/C(=O)c2ccccc2)=C(Cl)C1. The van der Waals surface area contributed by atoms with E-state index in [1.807, 2.05) is 18.2 Å². The highest BCUT2D eigenvalue weighted by Crippen LogP contribution is 2.35. The van der Waals surface area contributed by atoms with Crippen molar-refractivity contribution in [1.82, 2.24) is 0 Å². The fourth-order valence-electron chi connectivity index (χ4n) is 1.83. The average molecular weight is 309 g/mol. The van der Waals surface area contributed by atoms with Crippen molar-refractivity contribution in [3.63, 3.8) is 0 Å². The number of ether oxygens (including phenoxy) is 1. The van der Waals surface area contributed by atoms with Crippen molar-refractivity contribution in [2.24, 2.45) is 0 Å². The summed E-state index contributed by atoms with van der Waals surface area (Å²) in [6.45, 7) is 0. The van der Waals surface area contributed by atoms with Gasteiger partial charge in [0.05, 0.1) is 0 Å². The molecule has 1 aliphatic rings. The van der Waals surface area contributed by atoms with Crippen LogP contribution in [0.1, 0.15) is 16.8 Å². The third kappa shape index (κ3) is 3.60. The van der Waals surface area contributed by atoms with Gasteiger partial charge in [-0.3, -0.25) is 4.79 Å². The summed E-state index contributed by atoms with van der Waals surface area (Å²) < 4.78 is 5.16. The topological polar surface area (TPSA) is 26.3 Å². The zero-order chi connectivity index (χ0) is 14.6. The van der Waals surface area contributed by atoms with Crippen LogP contribution in [0, 0.1) is 0 Å². The Balaban J connectivity index is 2.11. The van der Waals surface area contributed by atoms with Gasteiger partial charge in [-0.1, -0.05) is 59.6 Å². The molecule has 0 amide bonds. The van der Waals surface area contributed by atoms with E-state index in [0.29, 0.717) is 17.0 Å². The monoisotopic (exact) mass is 308 g/mol. The van der Waals surface area contributed by atoms with Gasteiger partial charge in [0.15, 0.2) is 10.8 Å². The second kappa shape index (κ2) is 6.40. The van der Waals surface area contributed by atoms with Crippen molar-refractivity contribution in [3.05, 3.63) is 70.8 Å². The molecule has 1 aromatic carbocycles. The summed E-state index contributed by atoms with van der Waals surface area (Å²) in [6, 6.07) is 9.07. The van der Waals surface area contributed by atoms with Crippen LogP contribution in [0.5, 0.6) is 0 Å². The second-order valence-electron chi connectivity index (χ2n) is 4.42. The molecule has 0 heterocycles. The van der Waals surface area contributed by atoms with E-state index in [-0.39, 0.29) is 5.78 Å². The summed E-state index contributed by atoms with van der Waals surface area (Å²) in [4.78, 5) is 12.0. The van der Waals surface area contributed by atoms with Crippen molar-refractivity contribution in [2.75, 3.05) is 7.11 Å². The van der Waals surface area contributed by atoms with E-state index in [4.69, 9.17) is 27.9 Å². The molecule has 1 atom stereocenters. The molecule has 0 saturated carbocycles. The van der Waals surface area contributed by atoms with Gasteiger partial charge in [0.25, 0.3) is 0 Å². The molecular weight excluding hydrogens is 295 g/mol. The van der Waals surface area contributed by atoms with E-state index >= 15 is 0 Å². The fourth-order valence-corrected chi connectivity index (χ4v) is 2.42. The van der Waals surface area contributed by atoms with Crippen LogP contribution in [0.15, 0.2) is 65.2 Å². The van der Waals surface area contributed by atoms with Crippen LogP contribution in [-0.4, -0.2) is 18.0 Å². The predicted octanol–water partition coefficient (Wildman–Crippen LogP) is 4.46. The standard InChI is InChI=1S/C16H14Cl2O2/c1-20-16(18)10-9-12(14(17)11-16)7-8-15(19)13-5-3-2-4-6-13/h2-10H,11H2,1H3/b8-7+. The zero-order valence-electron chi connectivity index (χ0n) is 11.0. The van der Waals surface area contributed by atoms with Gasteiger partial charge < -0.3 is 4.74 Å². The van der Waals surface area contributed by atoms with Crippen LogP contribution >= 0.6 is 23.2 Å². The largest absolute Gasteiger partial charge is 0.359 e. The number of allylic oxidation sites excluding steroid dienone is 4. The molecule has 2 rings (SSSR count). The minimum Gasteiger partial charge on any atom is -0.359 e. The van der Waals surface area contributed by atoms with E-state index in [1.165, 1.54) is 13.2 Å². The highest BCUT2D eigenvalue weighted by Gasteiger charge is 2.28. The Bertz CT molecular complexity index is 588. The summed E-state index contributed by atoms with van der Waals surface area (Å²) in [7, 11) is 1.53. The third-order valence-corrected chi connectivity index (χ3v) is 3.80. The lowest BCUT2D eigenvalue weighted by atomic mass is 10.0. The quantitative estimate of drug-likeness (QED) is 0.466. The lowest BCUT2D eigenvalue weighted by Gasteiger charge is -2.25. The van der Waals surface area contributed by atoms with Crippen molar-refractivity contribution in [3.8, 4) is 0 Å². The van der Waals surface area contributed by atoms with Crippen molar-refractivity contribution >= 4 is 29.0 Å². The molecule has 0 fully saturated rings. The average Bonchev–Trinajstić information content (AvgIpc) is 2.47. The van der Waals surface area contributed by atoms with Gasteiger partial charge in [0.1, 0.15) is 0 Å². The number of halogens is 2. The lowest BCUT2D eigenvalue weighted by Crippen LogP contribution is -2.23. The summed E-state index contributed by atoms with van der Waals surface area (Å²) >= 11 is 12.3. The first-order valence-corrected chi connectivity index (χ1v) is 6.89. The van der Waals surface area contributed by atoms with E-state index in [0.717, 1.165) is 5.57 Å². The fraction of sp³-hybridized carbons (Fsp3) is 0.188. The number of hydrogen-bond donors (Lipinski definition) is 0. The molecule has 20 heavy (non-hydrogen) atoms. The number of ketones is 1. The Hall–Kier alpha value is -1.35. The molecule has 0 saturated heterocycles. The van der Waals surface area contributed by atoms with Gasteiger partial charge in [0, 0.05) is 24.1 Å². The third-order valence-electron chi connectivity index (χ3n) is 3.03. The number of carbonyl (C=O) groups excluding carboxylic acids is 1. The molecule has 0 aromatic heterocycles. The maximum atomic E-state index is 12.0. The van der Waals surface area contributed by atoms with Gasteiger partial charge in [0.2, 0.25) is 0 Å². The Labute approximate surface area is 128 Å². The number of rotatable bonds is 4. The van der Waals surface area contributed by atoms with E-state index in [9.17, 15) is 4.79 Å². The van der Waals surface area contributed by atoms with Crippen LogP contribution in [0.4, 0.5) is 0 Å². The molecular formula is C16H14Cl2O2. The number of alkyl halides is 1. The summed E-state index contributed by atoms with van der Waals surface area (Å²) in [6.07, 6.45) is 7.07. The Morgan fingerprint density at radius 3 is 2.65 bits per heavy atom. The van der Waals surface area contributed by atoms with Crippen molar-refractivity contribution < 1.29 is 9.53 Å². The van der Waals surface area contributed by atoms with E-state index < -0.39 is 5.06 Å². The first kappa shape index (κ1) is 15.0. The lowest BCUT2D eigenvalue weighted by molar-refractivity contribution is 0.104. The van der Waals surface area contributed by atoms with Gasteiger partial charge in [-0.15, -0.1) is 0 Å². The van der Waals surface area contributed by atoms with Crippen LogP contribution in [0.25, 0.3) is 0 Å². The second-order valence-corrected chi connectivity index (χ2v) is 5.52. The molecule has 4 heteroatoms. The number of benzene rings is 1. The van der Waals surface area contributed by atoms with E-state index in [1.54, 1.807) is 30.4 Å². The van der Waals surface area contributed by atoms with Crippen LogP contribution in [-0.2, 0) is 4.74 Å². The first-order chi connectivity index (χ1) is 9.54. The summed E-state index contributed by atoms with van der Waals surface area (Å²) in [5, 5.41) is -0.320. The molecule has 1 unspecified atom stereocenters. The van der Waals surface area contributed by atoms with Crippen LogP contribution in [0.2, 0.25) is 0 Å². The molecule has 1 aromatic rings. The summed E-state index contributed by atoms with van der Waals surface area (Å²) in [5.41, 5.74) is 1.41. The molecule has 0 aliphatic heterocycles. The van der Waals surface area contributed by atoms with Gasteiger partial charge in [-0.05, 0) is 23.8 Å². The van der Waals surface area contributed by atoms with Crippen molar-refractivity contribution in [1.29, 1.82) is 0 Å². The van der Waals surface area contributed by atoms with Gasteiger partial charge >= 0.3 is 0 Å². The Morgan fingerprint density at radius 2 is 2.05 bits per heavy atom. The Kier molecular flexibility index (Phi) is 4.81. The zero-order valence-corrected chi connectivity index (χ0v) is 12.5. The van der Waals surface area contributed by atoms with Crippen LogP contribution in [0.3, 0.4) is 0 Å². The maximum absolute atomic E-state index is 12.0. The number of carbonyl (C=O) groups is 1. The number of methoxy groups -OCH3 is 1. The molecule has 0 bridgehead atoms. The maximum Gasteiger partial charge on any atom is 0.185 e. The molecule has 1 aliphatic carbocycles. The molecule has 0 spiro atoms. The molecule has 104 valence electrons. The van der Waals surface area contributed by atoms with E-state index in [2.05, 4.69) is 0 Å². The minimum absolute atomic E-state index is 0.0644. The molecule has 2 nitrogen and oxygen atoms in total. The first-order valence-electron chi connectivity index (χ1n) is 6.13. The highest BCUT2D eigenvalue weighted by atomic mass is 35.5. The number of hydrogen-bond acceptors (Lipinski definition) is 2.